The van der Waals surface area contributed by atoms with E-state index in [9.17, 15) is 4.79 Å². The molecule has 0 aliphatic heterocycles. The van der Waals surface area contributed by atoms with Crippen molar-refractivity contribution in [3.8, 4) is 11.5 Å². The van der Waals surface area contributed by atoms with Crippen molar-refractivity contribution in [1.29, 1.82) is 0 Å². The van der Waals surface area contributed by atoms with Crippen molar-refractivity contribution in [2.24, 2.45) is 0 Å². The van der Waals surface area contributed by atoms with Crippen LogP contribution in [-0.2, 0) is 0 Å². The lowest BCUT2D eigenvalue weighted by Crippen LogP contribution is -2.00. The summed E-state index contributed by atoms with van der Waals surface area (Å²) >= 11 is 0. The number of carboxylic acid groups (broad SMARTS) is 1. The molecule has 2 aromatic rings. The second-order valence-corrected chi connectivity index (χ2v) is 3.54. The highest BCUT2D eigenvalue weighted by Gasteiger charge is 2.11. The molecule has 4 nitrogen and oxygen atoms in total. The summed E-state index contributed by atoms with van der Waals surface area (Å²) in [5.41, 5.74) is 0.997. The average Bonchev–Trinajstić information content (AvgIpc) is 2.32. The van der Waals surface area contributed by atoms with Gasteiger partial charge in [0, 0.05) is 18.0 Å². The molecule has 1 aromatic heterocycles. The summed E-state index contributed by atoms with van der Waals surface area (Å²) in [6.45, 7) is 1.85. The first-order valence-corrected chi connectivity index (χ1v) is 5.09. The molecule has 17 heavy (non-hydrogen) atoms. The zero-order valence-electron chi connectivity index (χ0n) is 9.25. The number of hydrogen-bond donors (Lipinski definition) is 1. The molecule has 2 rings (SSSR count). The molecule has 1 heterocycles. The van der Waals surface area contributed by atoms with Gasteiger partial charge in [-0.05, 0) is 25.1 Å². The summed E-state index contributed by atoms with van der Waals surface area (Å²) in [5, 5.41) is 9.02. The van der Waals surface area contributed by atoms with Gasteiger partial charge in [-0.2, -0.15) is 0 Å². The number of hydrogen-bond acceptors (Lipinski definition) is 3. The van der Waals surface area contributed by atoms with Crippen molar-refractivity contribution in [3.63, 3.8) is 0 Å². The first kappa shape index (κ1) is 11.1. The zero-order chi connectivity index (χ0) is 12.3. The maximum Gasteiger partial charge on any atom is 0.339 e. The highest BCUT2D eigenvalue weighted by molar-refractivity contribution is 5.90. The van der Waals surface area contributed by atoms with Crippen LogP contribution < -0.4 is 4.74 Å². The number of carbonyl (C=O) groups is 1. The zero-order valence-corrected chi connectivity index (χ0v) is 9.25. The Balaban J connectivity index is 2.37. The van der Waals surface area contributed by atoms with E-state index in [1.54, 1.807) is 36.7 Å². The van der Waals surface area contributed by atoms with Crippen LogP contribution >= 0.6 is 0 Å². The summed E-state index contributed by atoms with van der Waals surface area (Å²) in [5.74, 6) is -0.0738. The van der Waals surface area contributed by atoms with Crippen LogP contribution in [-0.4, -0.2) is 16.1 Å². The van der Waals surface area contributed by atoms with Crippen LogP contribution in [0.15, 0.2) is 42.7 Å². The van der Waals surface area contributed by atoms with Gasteiger partial charge in [-0.1, -0.05) is 12.1 Å². The second-order valence-electron chi connectivity index (χ2n) is 3.54. The smallest absolute Gasteiger partial charge is 0.339 e. The Morgan fingerprint density at radius 1 is 1.24 bits per heavy atom. The predicted molar refractivity (Wildman–Crippen MR) is 62.4 cm³/mol. The van der Waals surface area contributed by atoms with Crippen molar-refractivity contribution in [2.75, 3.05) is 0 Å². The van der Waals surface area contributed by atoms with Crippen LogP contribution in [0.4, 0.5) is 0 Å². The SMILES string of the molecule is Cc1cnccc1Oc1ccccc1C(=O)O. The Labute approximate surface area is 98.5 Å². The van der Waals surface area contributed by atoms with Crippen LogP contribution in [0, 0.1) is 6.92 Å². The number of pyridine rings is 1. The molecular formula is C13H11NO3. The number of aromatic carboxylic acids is 1. The van der Waals surface area contributed by atoms with Crippen molar-refractivity contribution in [2.45, 2.75) is 6.92 Å². The molecule has 0 aliphatic rings. The van der Waals surface area contributed by atoms with Crippen LogP contribution in [0.5, 0.6) is 11.5 Å². The normalized spacial score (nSPS) is 9.94. The largest absolute Gasteiger partial charge is 0.478 e. The molecule has 86 valence electrons. The molecule has 0 unspecified atom stereocenters. The van der Waals surface area contributed by atoms with Crippen LogP contribution in [0.3, 0.4) is 0 Å². The minimum atomic E-state index is -1.01. The van der Waals surface area contributed by atoms with Crippen molar-refractivity contribution in [3.05, 3.63) is 53.9 Å². The summed E-state index contributed by atoms with van der Waals surface area (Å²) in [6, 6.07) is 8.24. The third-order valence-electron chi connectivity index (χ3n) is 2.31. The average molecular weight is 229 g/mol. The molecule has 0 aliphatic carbocycles. The Bertz CT molecular complexity index is 552. The van der Waals surface area contributed by atoms with E-state index < -0.39 is 5.97 Å². The fourth-order valence-corrected chi connectivity index (χ4v) is 1.43. The Hall–Kier alpha value is -2.36. The molecule has 0 saturated carbocycles. The molecule has 0 atom stereocenters. The number of carboxylic acids is 1. The highest BCUT2D eigenvalue weighted by Crippen LogP contribution is 2.26. The molecule has 0 bridgehead atoms. The van der Waals surface area contributed by atoms with E-state index in [1.165, 1.54) is 6.07 Å². The lowest BCUT2D eigenvalue weighted by atomic mass is 10.2. The van der Waals surface area contributed by atoms with Crippen LogP contribution in [0.2, 0.25) is 0 Å². The first-order chi connectivity index (χ1) is 8.18. The van der Waals surface area contributed by atoms with Gasteiger partial charge >= 0.3 is 5.97 Å². The van der Waals surface area contributed by atoms with E-state index in [4.69, 9.17) is 9.84 Å². The second kappa shape index (κ2) is 4.65. The molecular weight excluding hydrogens is 218 g/mol. The summed E-state index contributed by atoms with van der Waals surface area (Å²) < 4.78 is 5.58. The fourth-order valence-electron chi connectivity index (χ4n) is 1.43. The van der Waals surface area contributed by atoms with Gasteiger partial charge in [-0.25, -0.2) is 4.79 Å². The van der Waals surface area contributed by atoms with E-state index >= 15 is 0 Å². The maximum atomic E-state index is 11.0. The lowest BCUT2D eigenvalue weighted by Gasteiger charge is -2.09. The maximum absolute atomic E-state index is 11.0. The fraction of sp³-hybridized carbons (Fsp3) is 0.0769. The first-order valence-electron chi connectivity index (χ1n) is 5.09. The number of aryl methyl sites for hydroxylation is 1. The Morgan fingerprint density at radius 3 is 2.71 bits per heavy atom. The van der Waals surface area contributed by atoms with Gasteiger partial charge in [0.05, 0.1) is 0 Å². The number of nitrogens with zero attached hydrogens (tertiary/aromatic N) is 1. The number of ether oxygens (including phenoxy) is 1. The molecule has 0 saturated heterocycles. The number of benzene rings is 1. The third-order valence-corrected chi connectivity index (χ3v) is 2.31. The van der Waals surface area contributed by atoms with Gasteiger partial charge in [-0.15, -0.1) is 0 Å². The topological polar surface area (TPSA) is 59.4 Å². The van der Waals surface area contributed by atoms with Crippen LogP contribution in [0.25, 0.3) is 0 Å². The van der Waals surface area contributed by atoms with E-state index in [-0.39, 0.29) is 5.56 Å². The Kier molecular flexibility index (Phi) is 3.05. The van der Waals surface area contributed by atoms with Gasteiger partial charge in [0.15, 0.2) is 0 Å². The molecule has 4 heteroatoms. The standard InChI is InChI=1S/C13H11NO3/c1-9-8-14-7-6-11(9)17-12-5-3-2-4-10(12)13(15)16/h2-8H,1H3,(H,15,16). The number of para-hydroxylation sites is 1. The Morgan fingerprint density at radius 2 is 2.00 bits per heavy atom. The summed E-state index contributed by atoms with van der Waals surface area (Å²) in [6.07, 6.45) is 3.27. The minimum absolute atomic E-state index is 0.142. The van der Waals surface area contributed by atoms with Gasteiger partial charge in [-0.3, -0.25) is 4.98 Å². The van der Waals surface area contributed by atoms with Crippen molar-refractivity contribution >= 4 is 5.97 Å². The quantitative estimate of drug-likeness (QED) is 0.879. The molecule has 1 aromatic carbocycles. The van der Waals surface area contributed by atoms with Gasteiger partial charge in [0.25, 0.3) is 0 Å². The molecule has 0 amide bonds. The van der Waals surface area contributed by atoms with E-state index in [0.717, 1.165) is 5.56 Å². The number of aromatic nitrogens is 1. The van der Waals surface area contributed by atoms with Crippen LogP contribution in [0.1, 0.15) is 15.9 Å². The van der Waals surface area contributed by atoms with E-state index in [1.807, 2.05) is 6.92 Å². The molecule has 0 spiro atoms. The summed E-state index contributed by atoms with van der Waals surface area (Å²) in [7, 11) is 0. The molecule has 0 fully saturated rings. The molecule has 0 radical (unpaired) electrons. The third kappa shape index (κ3) is 2.42. The predicted octanol–water partition coefficient (Wildman–Crippen LogP) is 2.88. The molecule has 1 N–H and O–H groups in total. The van der Waals surface area contributed by atoms with E-state index in [0.29, 0.717) is 11.5 Å². The number of rotatable bonds is 3. The lowest BCUT2D eigenvalue weighted by molar-refractivity contribution is 0.0694. The van der Waals surface area contributed by atoms with E-state index in [2.05, 4.69) is 4.98 Å². The summed E-state index contributed by atoms with van der Waals surface area (Å²) in [4.78, 5) is 15.0. The van der Waals surface area contributed by atoms with Crippen molar-refractivity contribution in [1.82, 2.24) is 4.98 Å². The highest BCUT2D eigenvalue weighted by atomic mass is 16.5. The minimum Gasteiger partial charge on any atom is -0.478 e. The van der Waals surface area contributed by atoms with Gasteiger partial charge in [0.1, 0.15) is 17.1 Å². The van der Waals surface area contributed by atoms with Crippen molar-refractivity contribution < 1.29 is 14.6 Å². The van der Waals surface area contributed by atoms with Gasteiger partial charge in [0.2, 0.25) is 0 Å². The monoisotopic (exact) mass is 229 g/mol. The van der Waals surface area contributed by atoms with Gasteiger partial charge < -0.3 is 9.84 Å².